The molecule has 0 aromatic carbocycles. The maximum atomic E-state index is 11.2. The Balaban J connectivity index is 2.01. The Morgan fingerprint density at radius 3 is 2.44 bits per heavy atom. The molecular weight excluding hydrogens is 202 g/mol. The van der Waals surface area contributed by atoms with Crippen LogP contribution in [0.5, 0.6) is 0 Å². The van der Waals surface area contributed by atoms with Crippen LogP contribution in [0.1, 0.15) is 37.1 Å². The Bertz CT molecular complexity index is 369. The van der Waals surface area contributed by atoms with Gasteiger partial charge in [-0.1, -0.05) is 0 Å². The van der Waals surface area contributed by atoms with Crippen molar-refractivity contribution in [3.63, 3.8) is 0 Å². The first kappa shape index (κ1) is 11.2. The number of rotatable bonds is 1. The van der Waals surface area contributed by atoms with E-state index in [0.717, 1.165) is 31.6 Å². The number of piperidine rings is 1. The Kier molecular flexibility index (Phi) is 2.99. The number of nitrogens with zero attached hydrogens (tertiary/aromatic N) is 3. The average Bonchev–Trinajstić information content (AvgIpc) is 2.59. The molecule has 4 heteroatoms. The quantitative estimate of drug-likeness (QED) is 0.723. The predicted octanol–water partition coefficient (Wildman–Crippen LogP) is 1.68. The summed E-state index contributed by atoms with van der Waals surface area (Å²) < 4.78 is 2.07. The molecule has 0 aliphatic carbocycles. The topological polar surface area (TPSA) is 38.1 Å². The summed E-state index contributed by atoms with van der Waals surface area (Å²) in [6, 6.07) is 0.461. The molecule has 0 atom stereocenters. The van der Waals surface area contributed by atoms with Gasteiger partial charge in [-0.2, -0.15) is 5.10 Å². The third-order valence-corrected chi connectivity index (χ3v) is 3.45. The molecule has 0 spiro atoms. The molecule has 4 nitrogen and oxygen atoms in total. The molecule has 1 amide bonds. The highest BCUT2D eigenvalue weighted by molar-refractivity contribution is 5.73. The van der Waals surface area contributed by atoms with E-state index in [2.05, 4.69) is 22.9 Å². The third-order valence-electron chi connectivity index (χ3n) is 3.45. The van der Waals surface area contributed by atoms with Crippen molar-refractivity contribution in [1.82, 2.24) is 14.7 Å². The van der Waals surface area contributed by atoms with Gasteiger partial charge < -0.3 is 4.90 Å². The lowest BCUT2D eigenvalue weighted by atomic mass is 10.1. The summed E-state index contributed by atoms with van der Waals surface area (Å²) in [6.45, 7) is 7.48. The maximum absolute atomic E-state index is 11.2. The Morgan fingerprint density at radius 1 is 1.38 bits per heavy atom. The van der Waals surface area contributed by atoms with Gasteiger partial charge in [0.1, 0.15) is 0 Å². The van der Waals surface area contributed by atoms with Crippen molar-refractivity contribution in [2.75, 3.05) is 13.1 Å². The van der Waals surface area contributed by atoms with E-state index < -0.39 is 0 Å². The Labute approximate surface area is 96.2 Å². The third kappa shape index (κ3) is 2.10. The molecule has 2 heterocycles. The Morgan fingerprint density at radius 2 is 2.00 bits per heavy atom. The van der Waals surface area contributed by atoms with Crippen LogP contribution >= 0.6 is 0 Å². The van der Waals surface area contributed by atoms with Crippen LogP contribution in [0.4, 0.5) is 0 Å². The largest absolute Gasteiger partial charge is 0.343 e. The summed E-state index contributed by atoms with van der Waals surface area (Å²) >= 11 is 0. The minimum atomic E-state index is 0.186. The lowest BCUT2D eigenvalue weighted by Crippen LogP contribution is -2.37. The number of likely N-dealkylation sites (tertiary alicyclic amines) is 1. The predicted molar refractivity (Wildman–Crippen MR) is 62.2 cm³/mol. The molecule has 2 rings (SSSR count). The summed E-state index contributed by atoms with van der Waals surface area (Å²) in [4.78, 5) is 13.1. The molecule has 1 aromatic rings. The Hall–Kier alpha value is -1.32. The maximum Gasteiger partial charge on any atom is 0.219 e. The van der Waals surface area contributed by atoms with Crippen molar-refractivity contribution in [1.29, 1.82) is 0 Å². The van der Waals surface area contributed by atoms with E-state index in [9.17, 15) is 4.79 Å². The van der Waals surface area contributed by atoms with Crippen LogP contribution in [0.15, 0.2) is 6.20 Å². The number of carbonyl (C=O) groups is 1. The highest BCUT2D eigenvalue weighted by Crippen LogP contribution is 2.22. The molecule has 1 aliphatic rings. The van der Waals surface area contributed by atoms with Crippen LogP contribution in [0.3, 0.4) is 0 Å². The van der Waals surface area contributed by atoms with Crippen LogP contribution in [-0.2, 0) is 4.79 Å². The molecule has 0 N–H and O–H groups in total. The summed E-state index contributed by atoms with van der Waals surface area (Å²) in [5, 5.41) is 4.52. The fourth-order valence-electron chi connectivity index (χ4n) is 2.21. The summed E-state index contributed by atoms with van der Waals surface area (Å²) in [7, 11) is 0. The number of aryl methyl sites for hydroxylation is 2. The van der Waals surface area contributed by atoms with Gasteiger partial charge in [0.05, 0.1) is 11.7 Å². The zero-order chi connectivity index (χ0) is 11.7. The van der Waals surface area contributed by atoms with Gasteiger partial charge in [0, 0.05) is 26.2 Å². The van der Waals surface area contributed by atoms with E-state index in [4.69, 9.17) is 0 Å². The van der Waals surface area contributed by atoms with Crippen LogP contribution < -0.4 is 0 Å². The van der Waals surface area contributed by atoms with Gasteiger partial charge in [0.25, 0.3) is 0 Å². The van der Waals surface area contributed by atoms with Gasteiger partial charge in [-0.05, 0) is 32.3 Å². The lowest BCUT2D eigenvalue weighted by molar-refractivity contribution is -0.130. The molecule has 0 saturated carbocycles. The highest BCUT2D eigenvalue weighted by atomic mass is 16.2. The minimum absolute atomic E-state index is 0.186. The molecule has 1 fully saturated rings. The average molecular weight is 221 g/mol. The van der Waals surface area contributed by atoms with Crippen LogP contribution in [0, 0.1) is 13.8 Å². The van der Waals surface area contributed by atoms with Crippen molar-refractivity contribution in [2.45, 2.75) is 39.7 Å². The molecule has 88 valence electrons. The van der Waals surface area contributed by atoms with Crippen LogP contribution in [0.2, 0.25) is 0 Å². The van der Waals surface area contributed by atoms with E-state index in [-0.39, 0.29) is 5.91 Å². The molecule has 0 unspecified atom stereocenters. The SMILES string of the molecule is CC(=O)N1CCC(n2cc(C)c(C)n2)CC1. The molecule has 0 radical (unpaired) electrons. The van der Waals surface area contributed by atoms with Gasteiger partial charge in [0.2, 0.25) is 5.91 Å². The van der Waals surface area contributed by atoms with Crippen molar-refractivity contribution in [3.8, 4) is 0 Å². The first-order chi connectivity index (χ1) is 7.58. The van der Waals surface area contributed by atoms with Crippen molar-refractivity contribution in [3.05, 3.63) is 17.5 Å². The van der Waals surface area contributed by atoms with E-state index in [1.54, 1.807) is 6.92 Å². The number of carbonyl (C=O) groups excluding carboxylic acids is 1. The number of hydrogen-bond acceptors (Lipinski definition) is 2. The monoisotopic (exact) mass is 221 g/mol. The van der Waals surface area contributed by atoms with Crippen molar-refractivity contribution in [2.24, 2.45) is 0 Å². The second kappa shape index (κ2) is 4.28. The first-order valence-electron chi connectivity index (χ1n) is 5.86. The molecule has 16 heavy (non-hydrogen) atoms. The normalized spacial score (nSPS) is 17.8. The first-order valence-corrected chi connectivity index (χ1v) is 5.86. The van der Waals surface area contributed by atoms with Gasteiger partial charge in [0.15, 0.2) is 0 Å². The van der Waals surface area contributed by atoms with Crippen LogP contribution in [0.25, 0.3) is 0 Å². The van der Waals surface area contributed by atoms with Crippen molar-refractivity contribution >= 4 is 5.91 Å². The molecule has 1 saturated heterocycles. The number of hydrogen-bond donors (Lipinski definition) is 0. The molecule has 0 bridgehead atoms. The minimum Gasteiger partial charge on any atom is -0.343 e. The van der Waals surface area contributed by atoms with Gasteiger partial charge >= 0.3 is 0 Å². The zero-order valence-electron chi connectivity index (χ0n) is 10.2. The summed E-state index contributed by atoms with van der Waals surface area (Å²) in [5.41, 5.74) is 2.35. The van der Waals surface area contributed by atoms with E-state index in [1.165, 1.54) is 5.56 Å². The van der Waals surface area contributed by atoms with E-state index in [0.29, 0.717) is 6.04 Å². The van der Waals surface area contributed by atoms with Crippen LogP contribution in [-0.4, -0.2) is 33.7 Å². The molecule has 1 aliphatic heterocycles. The van der Waals surface area contributed by atoms with Gasteiger partial charge in [-0.3, -0.25) is 9.48 Å². The second-order valence-electron chi connectivity index (χ2n) is 4.61. The summed E-state index contributed by atoms with van der Waals surface area (Å²) in [6.07, 6.45) is 4.14. The van der Waals surface area contributed by atoms with Gasteiger partial charge in [-0.15, -0.1) is 0 Å². The lowest BCUT2D eigenvalue weighted by Gasteiger charge is -2.31. The number of amides is 1. The van der Waals surface area contributed by atoms with E-state index >= 15 is 0 Å². The summed E-state index contributed by atoms with van der Waals surface area (Å²) in [5.74, 6) is 0.186. The van der Waals surface area contributed by atoms with Crippen molar-refractivity contribution < 1.29 is 4.79 Å². The second-order valence-corrected chi connectivity index (χ2v) is 4.61. The fourth-order valence-corrected chi connectivity index (χ4v) is 2.21. The highest BCUT2D eigenvalue weighted by Gasteiger charge is 2.22. The number of aromatic nitrogens is 2. The molecule has 1 aromatic heterocycles. The standard InChI is InChI=1S/C12H19N3O/c1-9-8-15(13-10(9)2)12-4-6-14(7-5-12)11(3)16/h8,12H,4-7H2,1-3H3. The molecular formula is C12H19N3O. The smallest absolute Gasteiger partial charge is 0.219 e. The fraction of sp³-hybridized carbons (Fsp3) is 0.667. The van der Waals surface area contributed by atoms with Gasteiger partial charge in [-0.25, -0.2) is 0 Å². The zero-order valence-corrected chi connectivity index (χ0v) is 10.2. The van der Waals surface area contributed by atoms with E-state index in [1.807, 2.05) is 11.8 Å².